The molecule has 0 bridgehead atoms. The summed E-state index contributed by atoms with van der Waals surface area (Å²) in [5.74, 6) is -1.28. The number of piperidine rings is 1. The number of likely N-dealkylation sites (tertiary alicyclic amines) is 1. The molecule has 1 saturated heterocycles. The third-order valence-electron chi connectivity index (χ3n) is 5.72. The van der Waals surface area contributed by atoms with E-state index in [1.54, 1.807) is 18.7 Å². The number of fused-ring (bicyclic) bond motifs is 1. The van der Waals surface area contributed by atoms with Gasteiger partial charge in [-0.25, -0.2) is 4.98 Å². The van der Waals surface area contributed by atoms with Gasteiger partial charge in [-0.15, -0.1) is 0 Å². The van der Waals surface area contributed by atoms with Crippen LogP contribution in [0.3, 0.4) is 0 Å². The van der Waals surface area contributed by atoms with E-state index in [9.17, 15) is 18.0 Å². The minimum absolute atomic E-state index is 0.0323. The molecule has 1 aliphatic heterocycles. The standard InChI is InChI=1S/C22H23F3N4O/c1-28-14-26-12-21(28)15-2-3-16-11-27-19(9-17(16)8-15)10-20(30)13-29-6-4-18(5-7-29)22(23,24)25/h2-3,8-9,11-12,14,18H,4-7,10,13H2,1H3. The number of aryl methyl sites for hydroxylation is 1. The molecule has 3 aromatic rings. The minimum atomic E-state index is -4.14. The van der Waals surface area contributed by atoms with Gasteiger partial charge in [0.05, 0.1) is 37.1 Å². The molecule has 0 aliphatic carbocycles. The predicted molar refractivity (Wildman–Crippen MR) is 108 cm³/mol. The normalized spacial score (nSPS) is 16.3. The molecular formula is C22H23F3N4O. The van der Waals surface area contributed by atoms with Gasteiger partial charge in [0.2, 0.25) is 0 Å². The first-order valence-corrected chi connectivity index (χ1v) is 9.96. The second-order valence-electron chi connectivity index (χ2n) is 7.93. The van der Waals surface area contributed by atoms with E-state index < -0.39 is 12.1 Å². The molecule has 0 amide bonds. The number of halogens is 3. The Balaban J connectivity index is 1.41. The summed E-state index contributed by atoms with van der Waals surface area (Å²) in [6.45, 7) is 0.767. The molecule has 3 heterocycles. The van der Waals surface area contributed by atoms with Gasteiger partial charge in [0.15, 0.2) is 5.78 Å². The lowest BCUT2D eigenvalue weighted by Crippen LogP contribution is -2.41. The molecule has 8 heteroatoms. The van der Waals surface area contributed by atoms with Crippen molar-refractivity contribution in [2.45, 2.75) is 25.4 Å². The first-order chi connectivity index (χ1) is 14.3. The predicted octanol–water partition coefficient (Wildman–Crippen LogP) is 4.02. The third-order valence-corrected chi connectivity index (χ3v) is 5.72. The first kappa shape index (κ1) is 20.5. The number of Topliss-reactive ketones (excluding diaryl/α,β-unsaturated/α-hetero) is 1. The molecule has 30 heavy (non-hydrogen) atoms. The van der Waals surface area contributed by atoms with Crippen LogP contribution in [0.25, 0.3) is 22.0 Å². The van der Waals surface area contributed by atoms with Crippen molar-refractivity contribution in [3.8, 4) is 11.3 Å². The van der Waals surface area contributed by atoms with Gasteiger partial charge < -0.3 is 4.57 Å². The van der Waals surface area contributed by atoms with Crippen molar-refractivity contribution in [2.75, 3.05) is 19.6 Å². The minimum Gasteiger partial charge on any atom is -0.334 e. The number of pyridine rings is 1. The van der Waals surface area contributed by atoms with Crippen LogP contribution in [0.15, 0.2) is 43.0 Å². The molecule has 0 atom stereocenters. The topological polar surface area (TPSA) is 51.0 Å². The Morgan fingerprint density at radius 3 is 2.57 bits per heavy atom. The maximum Gasteiger partial charge on any atom is 0.391 e. The van der Waals surface area contributed by atoms with Crippen molar-refractivity contribution < 1.29 is 18.0 Å². The number of rotatable bonds is 5. The summed E-state index contributed by atoms with van der Waals surface area (Å²) in [7, 11) is 1.93. The molecule has 1 aromatic carbocycles. The highest BCUT2D eigenvalue weighted by Crippen LogP contribution is 2.34. The fourth-order valence-electron chi connectivity index (χ4n) is 4.00. The number of ketones is 1. The molecule has 0 N–H and O–H groups in total. The Hall–Kier alpha value is -2.74. The van der Waals surface area contributed by atoms with Crippen LogP contribution in [0.5, 0.6) is 0 Å². The number of imidazole rings is 1. The van der Waals surface area contributed by atoms with Crippen LogP contribution in [-0.2, 0) is 18.3 Å². The molecule has 0 radical (unpaired) electrons. The zero-order chi connectivity index (χ0) is 21.3. The van der Waals surface area contributed by atoms with Crippen molar-refractivity contribution in [1.29, 1.82) is 0 Å². The SMILES string of the molecule is Cn1cncc1-c1ccc2cnc(CC(=O)CN3CCC(C(F)(F)F)CC3)cc2c1. The summed E-state index contributed by atoms with van der Waals surface area (Å²) in [5.41, 5.74) is 2.69. The van der Waals surface area contributed by atoms with Crippen LogP contribution in [0.2, 0.25) is 0 Å². The Morgan fingerprint density at radius 1 is 1.13 bits per heavy atom. The maximum atomic E-state index is 12.8. The number of hydrogen-bond donors (Lipinski definition) is 0. The van der Waals surface area contributed by atoms with Gasteiger partial charge in [0.25, 0.3) is 0 Å². The maximum absolute atomic E-state index is 12.8. The summed E-state index contributed by atoms with van der Waals surface area (Å²) >= 11 is 0. The Kier molecular flexibility index (Phi) is 5.60. The Labute approximate surface area is 172 Å². The molecule has 0 unspecified atom stereocenters. The largest absolute Gasteiger partial charge is 0.391 e. The number of benzene rings is 1. The van der Waals surface area contributed by atoms with Gasteiger partial charge in [-0.3, -0.25) is 14.7 Å². The number of hydrogen-bond acceptors (Lipinski definition) is 4. The quantitative estimate of drug-likeness (QED) is 0.630. The highest BCUT2D eigenvalue weighted by Gasteiger charge is 2.41. The smallest absolute Gasteiger partial charge is 0.334 e. The van der Waals surface area contributed by atoms with E-state index in [1.165, 1.54) is 0 Å². The van der Waals surface area contributed by atoms with Crippen LogP contribution in [0.4, 0.5) is 13.2 Å². The first-order valence-electron chi connectivity index (χ1n) is 9.96. The van der Waals surface area contributed by atoms with Crippen LogP contribution < -0.4 is 0 Å². The number of aromatic nitrogens is 3. The van der Waals surface area contributed by atoms with Gasteiger partial charge in [0, 0.05) is 29.9 Å². The zero-order valence-corrected chi connectivity index (χ0v) is 16.7. The third kappa shape index (κ3) is 4.53. The number of carbonyl (C=O) groups is 1. The molecule has 158 valence electrons. The van der Waals surface area contributed by atoms with Crippen LogP contribution >= 0.6 is 0 Å². The average molecular weight is 416 g/mol. The summed E-state index contributed by atoms with van der Waals surface area (Å²) in [4.78, 5) is 22.8. The summed E-state index contributed by atoms with van der Waals surface area (Å²) in [6.07, 6.45) is 1.44. The van der Waals surface area contributed by atoms with Crippen molar-refractivity contribution in [1.82, 2.24) is 19.4 Å². The molecule has 5 nitrogen and oxygen atoms in total. The fourth-order valence-corrected chi connectivity index (χ4v) is 4.00. The van der Waals surface area contributed by atoms with Crippen molar-refractivity contribution in [3.63, 3.8) is 0 Å². The highest BCUT2D eigenvalue weighted by atomic mass is 19.4. The van der Waals surface area contributed by atoms with E-state index >= 15 is 0 Å². The lowest BCUT2D eigenvalue weighted by Gasteiger charge is -2.32. The number of alkyl halides is 3. The Morgan fingerprint density at radius 2 is 1.90 bits per heavy atom. The van der Waals surface area contributed by atoms with Gasteiger partial charge in [-0.1, -0.05) is 12.1 Å². The van der Waals surface area contributed by atoms with Gasteiger partial charge in [-0.05, 0) is 43.5 Å². The van der Waals surface area contributed by atoms with Crippen LogP contribution in [-0.4, -0.2) is 51.0 Å². The zero-order valence-electron chi connectivity index (χ0n) is 16.7. The lowest BCUT2D eigenvalue weighted by atomic mass is 9.96. The van der Waals surface area contributed by atoms with Gasteiger partial charge in [0.1, 0.15) is 0 Å². The van der Waals surface area contributed by atoms with Crippen LogP contribution in [0.1, 0.15) is 18.5 Å². The van der Waals surface area contributed by atoms with E-state index in [-0.39, 0.29) is 31.6 Å². The molecule has 2 aromatic heterocycles. The van der Waals surface area contributed by atoms with E-state index in [2.05, 4.69) is 9.97 Å². The van der Waals surface area contributed by atoms with E-state index in [0.717, 1.165) is 22.0 Å². The van der Waals surface area contributed by atoms with E-state index in [1.807, 2.05) is 40.8 Å². The van der Waals surface area contributed by atoms with Crippen molar-refractivity contribution >= 4 is 16.6 Å². The number of carbonyl (C=O) groups excluding carboxylic acids is 1. The Bertz CT molecular complexity index is 1050. The van der Waals surface area contributed by atoms with Crippen molar-refractivity contribution in [3.05, 3.63) is 48.7 Å². The second kappa shape index (κ2) is 8.18. The lowest BCUT2D eigenvalue weighted by molar-refractivity contribution is -0.185. The molecule has 0 spiro atoms. The molecule has 1 aliphatic rings. The second-order valence-corrected chi connectivity index (χ2v) is 7.93. The monoisotopic (exact) mass is 416 g/mol. The summed E-state index contributed by atoms with van der Waals surface area (Å²) in [5, 5.41) is 1.96. The molecule has 1 fully saturated rings. The van der Waals surface area contributed by atoms with Gasteiger partial charge >= 0.3 is 6.18 Å². The van der Waals surface area contributed by atoms with Crippen LogP contribution in [0, 0.1) is 5.92 Å². The summed E-state index contributed by atoms with van der Waals surface area (Å²) in [6, 6.07) is 7.95. The number of nitrogens with zero attached hydrogens (tertiary/aromatic N) is 4. The van der Waals surface area contributed by atoms with E-state index in [4.69, 9.17) is 0 Å². The molecular weight excluding hydrogens is 393 g/mol. The fraction of sp³-hybridized carbons (Fsp3) is 0.409. The molecule has 0 saturated carbocycles. The van der Waals surface area contributed by atoms with Gasteiger partial charge in [-0.2, -0.15) is 13.2 Å². The van der Waals surface area contributed by atoms with E-state index in [0.29, 0.717) is 18.8 Å². The average Bonchev–Trinajstić information content (AvgIpc) is 3.13. The highest BCUT2D eigenvalue weighted by molar-refractivity contribution is 5.88. The van der Waals surface area contributed by atoms with Crippen molar-refractivity contribution in [2.24, 2.45) is 13.0 Å². The molecule has 4 rings (SSSR count). The summed E-state index contributed by atoms with van der Waals surface area (Å²) < 4.78 is 40.3.